The highest BCUT2D eigenvalue weighted by Crippen LogP contribution is 2.23. The maximum atomic E-state index is 11.2. The van der Waals surface area contributed by atoms with Crippen molar-refractivity contribution in [3.05, 3.63) is 54.4 Å². The van der Waals surface area contributed by atoms with Crippen LogP contribution >= 0.6 is 0 Å². The van der Waals surface area contributed by atoms with Crippen LogP contribution in [-0.2, 0) is 0 Å². The standard InChI is InChI=1S/C16H18N2O2/c1-4-6-12(2)16-13(11-19)10-18(17-16)14-7-5-8-15(9-14)20-3/h4-5,7-12H,1,6H2,2-3H3. The highest BCUT2D eigenvalue weighted by atomic mass is 16.5. The number of rotatable bonds is 6. The van der Waals surface area contributed by atoms with E-state index >= 15 is 0 Å². The lowest BCUT2D eigenvalue weighted by atomic mass is 10.0. The molecule has 1 unspecified atom stereocenters. The van der Waals surface area contributed by atoms with Crippen molar-refractivity contribution in [1.82, 2.24) is 9.78 Å². The second-order valence-corrected chi connectivity index (χ2v) is 4.66. The number of nitrogens with zero attached hydrogens (tertiary/aromatic N) is 2. The Kier molecular flexibility index (Phi) is 4.35. The van der Waals surface area contributed by atoms with Crippen LogP contribution in [0.5, 0.6) is 5.75 Å². The molecule has 0 spiro atoms. The van der Waals surface area contributed by atoms with Gasteiger partial charge < -0.3 is 4.74 Å². The van der Waals surface area contributed by atoms with Crippen molar-refractivity contribution in [3.8, 4) is 11.4 Å². The summed E-state index contributed by atoms with van der Waals surface area (Å²) in [5.74, 6) is 0.922. The van der Waals surface area contributed by atoms with Crippen LogP contribution in [0.25, 0.3) is 5.69 Å². The largest absolute Gasteiger partial charge is 0.497 e. The molecule has 0 radical (unpaired) electrons. The van der Waals surface area contributed by atoms with E-state index in [2.05, 4.69) is 11.7 Å². The molecule has 1 heterocycles. The number of methoxy groups -OCH3 is 1. The molecule has 2 aromatic rings. The van der Waals surface area contributed by atoms with E-state index in [0.29, 0.717) is 5.56 Å². The molecule has 2 rings (SSSR count). The molecular formula is C16H18N2O2. The Hall–Kier alpha value is -2.36. The zero-order valence-electron chi connectivity index (χ0n) is 11.7. The molecule has 0 saturated heterocycles. The van der Waals surface area contributed by atoms with Crippen molar-refractivity contribution in [3.63, 3.8) is 0 Å². The van der Waals surface area contributed by atoms with E-state index < -0.39 is 0 Å². The van der Waals surface area contributed by atoms with E-state index in [4.69, 9.17) is 4.74 Å². The van der Waals surface area contributed by atoms with Crippen molar-refractivity contribution in [2.75, 3.05) is 7.11 Å². The Balaban J connectivity index is 2.42. The molecular weight excluding hydrogens is 252 g/mol. The molecule has 1 aromatic carbocycles. The SMILES string of the molecule is C=CCC(C)c1nn(-c2cccc(OC)c2)cc1C=O. The number of ether oxygens (including phenoxy) is 1. The van der Waals surface area contributed by atoms with Crippen LogP contribution in [0.3, 0.4) is 0 Å². The molecule has 0 N–H and O–H groups in total. The van der Waals surface area contributed by atoms with Crippen LogP contribution in [0.4, 0.5) is 0 Å². The van der Waals surface area contributed by atoms with Gasteiger partial charge in [0.15, 0.2) is 6.29 Å². The third-order valence-electron chi connectivity index (χ3n) is 3.20. The Labute approximate surface area is 118 Å². The third kappa shape index (κ3) is 2.79. The second-order valence-electron chi connectivity index (χ2n) is 4.66. The first-order chi connectivity index (χ1) is 9.69. The molecule has 0 fully saturated rings. The first-order valence-corrected chi connectivity index (χ1v) is 6.49. The summed E-state index contributed by atoms with van der Waals surface area (Å²) in [5, 5.41) is 4.53. The quantitative estimate of drug-likeness (QED) is 0.597. The second kappa shape index (κ2) is 6.19. The van der Waals surface area contributed by atoms with Gasteiger partial charge in [-0.2, -0.15) is 5.10 Å². The zero-order valence-corrected chi connectivity index (χ0v) is 11.7. The number of benzene rings is 1. The molecule has 4 nitrogen and oxygen atoms in total. The summed E-state index contributed by atoms with van der Waals surface area (Å²) in [6, 6.07) is 7.56. The summed E-state index contributed by atoms with van der Waals surface area (Å²) in [6.07, 6.45) is 5.22. The van der Waals surface area contributed by atoms with E-state index in [-0.39, 0.29) is 5.92 Å². The topological polar surface area (TPSA) is 44.1 Å². The van der Waals surface area contributed by atoms with Crippen molar-refractivity contribution in [2.24, 2.45) is 0 Å². The van der Waals surface area contributed by atoms with Crippen LogP contribution in [0.2, 0.25) is 0 Å². The van der Waals surface area contributed by atoms with Crippen LogP contribution in [0, 0.1) is 0 Å². The molecule has 0 bridgehead atoms. The average Bonchev–Trinajstić information content (AvgIpc) is 2.92. The highest BCUT2D eigenvalue weighted by Gasteiger charge is 2.15. The van der Waals surface area contributed by atoms with Gasteiger partial charge in [-0.25, -0.2) is 4.68 Å². The van der Waals surface area contributed by atoms with E-state index in [1.807, 2.05) is 37.3 Å². The lowest BCUT2D eigenvalue weighted by molar-refractivity contribution is 0.112. The van der Waals surface area contributed by atoms with Gasteiger partial charge in [0, 0.05) is 18.2 Å². The smallest absolute Gasteiger partial charge is 0.153 e. The van der Waals surface area contributed by atoms with E-state index in [1.54, 1.807) is 18.0 Å². The molecule has 1 atom stereocenters. The van der Waals surface area contributed by atoms with Gasteiger partial charge in [-0.1, -0.05) is 19.1 Å². The summed E-state index contributed by atoms with van der Waals surface area (Å²) in [7, 11) is 1.62. The van der Waals surface area contributed by atoms with Crippen molar-refractivity contribution in [1.29, 1.82) is 0 Å². The number of allylic oxidation sites excluding steroid dienone is 1. The molecule has 0 aliphatic carbocycles. The predicted molar refractivity (Wildman–Crippen MR) is 78.7 cm³/mol. The van der Waals surface area contributed by atoms with Gasteiger partial charge in [0.25, 0.3) is 0 Å². The van der Waals surface area contributed by atoms with Gasteiger partial charge in [0.05, 0.1) is 24.1 Å². The summed E-state index contributed by atoms with van der Waals surface area (Å²) >= 11 is 0. The van der Waals surface area contributed by atoms with E-state index in [1.165, 1.54) is 0 Å². The molecule has 0 amide bonds. The van der Waals surface area contributed by atoms with Gasteiger partial charge in [-0.3, -0.25) is 4.79 Å². The summed E-state index contributed by atoms with van der Waals surface area (Å²) in [6.45, 7) is 5.76. The monoisotopic (exact) mass is 270 g/mol. The van der Waals surface area contributed by atoms with Crippen molar-refractivity contribution >= 4 is 6.29 Å². The number of carbonyl (C=O) groups is 1. The third-order valence-corrected chi connectivity index (χ3v) is 3.20. The van der Waals surface area contributed by atoms with E-state index in [0.717, 1.165) is 29.8 Å². The summed E-state index contributed by atoms with van der Waals surface area (Å²) < 4.78 is 6.91. The molecule has 0 saturated carbocycles. The first-order valence-electron chi connectivity index (χ1n) is 6.49. The molecule has 4 heteroatoms. The number of carbonyl (C=O) groups excluding carboxylic acids is 1. The lowest BCUT2D eigenvalue weighted by Crippen LogP contribution is -1.99. The molecule has 20 heavy (non-hydrogen) atoms. The molecule has 0 aliphatic rings. The van der Waals surface area contributed by atoms with E-state index in [9.17, 15) is 4.79 Å². The lowest BCUT2D eigenvalue weighted by Gasteiger charge is -2.06. The number of hydrogen-bond acceptors (Lipinski definition) is 3. The number of aromatic nitrogens is 2. The Morgan fingerprint density at radius 1 is 1.50 bits per heavy atom. The van der Waals surface area contributed by atoms with Gasteiger partial charge in [0.2, 0.25) is 0 Å². The fraction of sp³-hybridized carbons (Fsp3) is 0.250. The zero-order chi connectivity index (χ0) is 14.5. The maximum Gasteiger partial charge on any atom is 0.153 e. The van der Waals surface area contributed by atoms with Gasteiger partial charge in [0.1, 0.15) is 5.75 Å². The van der Waals surface area contributed by atoms with Crippen molar-refractivity contribution in [2.45, 2.75) is 19.3 Å². The van der Waals surface area contributed by atoms with Gasteiger partial charge >= 0.3 is 0 Å². The summed E-state index contributed by atoms with van der Waals surface area (Å²) in [4.78, 5) is 11.2. The average molecular weight is 270 g/mol. The Bertz CT molecular complexity index is 617. The van der Waals surface area contributed by atoms with Crippen LogP contribution < -0.4 is 4.74 Å². The minimum absolute atomic E-state index is 0.166. The molecule has 0 aliphatic heterocycles. The Morgan fingerprint density at radius 3 is 2.95 bits per heavy atom. The van der Waals surface area contributed by atoms with Crippen molar-refractivity contribution < 1.29 is 9.53 Å². The summed E-state index contributed by atoms with van der Waals surface area (Å²) in [5.41, 5.74) is 2.27. The highest BCUT2D eigenvalue weighted by molar-refractivity contribution is 5.76. The van der Waals surface area contributed by atoms with Gasteiger partial charge in [-0.15, -0.1) is 6.58 Å². The maximum absolute atomic E-state index is 11.2. The normalized spacial score (nSPS) is 11.9. The molecule has 104 valence electrons. The van der Waals surface area contributed by atoms with Crippen LogP contribution in [0.1, 0.15) is 35.3 Å². The minimum atomic E-state index is 0.166. The molecule has 1 aromatic heterocycles. The minimum Gasteiger partial charge on any atom is -0.497 e. The van der Waals surface area contributed by atoms with Gasteiger partial charge in [-0.05, 0) is 18.6 Å². The predicted octanol–water partition coefficient (Wildman–Crippen LogP) is 3.37. The first kappa shape index (κ1) is 14.1. The fourth-order valence-electron chi connectivity index (χ4n) is 2.12. The number of hydrogen-bond donors (Lipinski definition) is 0. The number of aldehydes is 1. The fourth-order valence-corrected chi connectivity index (χ4v) is 2.12. The Morgan fingerprint density at radius 2 is 2.30 bits per heavy atom. The van der Waals surface area contributed by atoms with Crippen LogP contribution in [-0.4, -0.2) is 23.2 Å². The van der Waals surface area contributed by atoms with Crippen LogP contribution in [0.15, 0.2) is 43.1 Å².